The predicted octanol–water partition coefficient (Wildman–Crippen LogP) is 3.17. The van der Waals surface area contributed by atoms with Crippen LogP contribution in [-0.4, -0.2) is 21.8 Å². The molecule has 0 radical (unpaired) electrons. The van der Waals surface area contributed by atoms with E-state index in [0.29, 0.717) is 0 Å². The molecule has 0 amide bonds. The van der Waals surface area contributed by atoms with E-state index in [-0.39, 0.29) is 6.04 Å². The highest BCUT2D eigenvalue weighted by atomic mass is 127. The van der Waals surface area contributed by atoms with Crippen LogP contribution in [0.25, 0.3) is 0 Å². The van der Waals surface area contributed by atoms with Gasteiger partial charge in [-0.25, -0.2) is 4.98 Å². The molecule has 0 saturated heterocycles. The zero-order valence-electron chi connectivity index (χ0n) is 10.9. The molecule has 19 heavy (non-hydrogen) atoms. The molecular weight excluding hydrogens is 419 g/mol. The average molecular weight is 435 g/mol. The first-order valence-electron chi connectivity index (χ1n) is 6.14. The van der Waals surface area contributed by atoms with Crippen LogP contribution in [0.4, 0.5) is 0 Å². The second kappa shape index (κ2) is 6.81. The minimum Gasteiger partial charge on any atom is -0.313 e. The number of likely N-dealkylation sites (N-methyl/N-ethyl adjacent to an activating group) is 1. The molecule has 1 aromatic heterocycles. The number of aryl methyl sites for hydroxylation is 1. The standard InChI is InChI=1S/C13H16BrIN4/c1-3-19-13(17-8-18-19)7-12(16-2)10-6-9(15)4-5-11(10)14/h4-6,8,12,16H,3,7H2,1-2H3. The SMILES string of the molecule is CCn1ncnc1CC(NC)c1cc(I)ccc1Br. The highest BCUT2D eigenvalue weighted by Crippen LogP contribution is 2.27. The van der Waals surface area contributed by atoms with Crippen molar-refractivity contribution < 1.29 is 0 Å². The Morgan fingerprint density at radius 2 is 2.26 bits per heavy atom. The first-order valence-corrected chi connectivity index (χ1v) is 8.01. The molecule has 2 rings (SSSR count). The topological polar surface area (TPSA) is 42.7 Å². The normalized spacial score (nSPS) is 12.6. The summed E-state index contributed by atoms with van der Waals surface area (Å²) in [7, 11) is 1.98. The molecule has 1 heterocycles. The number of halogens is 2. The predicted molar refractivity (Wildman–Crippen MR) is 88.1 cm³/mol. The summed E-state index contributed by atoms with van der Waals surface area (Å²) in [5.74, 6) is 1.01. The van der Waals surface area contributed by atoms with Crippen LogP contribution in [0.15, 0.2) is 29.0 Å². The smallest absolute Gasteiger partial charge is 0.138 e. The third-order valence-electron chi connectivity index (χ3n) is 3.06. The Bertz CT molecular complexity index is 555. The fourth-order valence-corrected chi connectivity index (χ4v) is 3.08. The van der Waals surface area contributed by atoms with Crippen LogP contribution in [0.1, 0.15) is 24.4 Å². The van der Waals surface area contributed by atoms with E-state index in [1.807, 2.05) is 11.7 Å². The Balaban J connectivity index is 2.27. The van der Waals surface area contributed by atoms with Crippen molar-refractivity contribution in [2.24, 2.45) is 0 Å². The van der Waals surface area contributed by atoms with Gasteiger partial charge < -0.3 is 5.32 Å². The fraction of sp³-hybridized carbons (Fsp3) is 0.385. The summed E-state index contributed by atoms with van der Waals surface area (Å²) in [6.45, 7) is 2.92. The van der Waals surface area contributed by atoms with E-state index in [1.165, 1.54) is 9.13 Å². The van der Waals surface area contributed by atoms with Crippen LogP contribution in [0, 0.1) is 3.57 Å². The van der Waals surface area contributed by atoms with E-state index in [2.05, 4.69) is 79.0 Å². The number of hydrogen-bond donors (Lipinski definition) is 1. The van der Waals surface area contributed by atoms with Gasteiger partial charge in [-0.3, -0.25) is 4.68 Å². The van der Waals surface area contributed by atoms with E-state index >= 15 is 0 Å². The maximum Gasteiger partial charge on any atom is 0.138 e. The van der Waals surface area contributed by atoms with Gasteiger partial charge in [0.2, 0.25) is 0 Å². The number of nitrogens with one attached hydrogen (secondary N) is 1. The van der Waals surface area contributed by atoms with E-state index in [9.17, 15) is 0 Å². The molecule has 0 spiro atoms. The zero-order chi connectivity index (χ0) is 13.8. The molecule has 2 aromatic rings. The van der Waals surface area contributed by atoms with Crippen LogP contribution >= 0.6 is 38.5 Å². The highest BCUT2D eigenvalue weighted by Gasteiger charge is 2.16. The van der Waals surface area contributed by atoms with Crippen molar-refractivity contribution in [3.63, 3.8) is 0 Å². The lowest BCUT2D eigenvalue weighted by atomic mass is 10.0. The van der Waals surface area contributed by atoms with Gasteiger partial charge in [0.25, 0.3) is 0 Å². The summed E-state index contributed by atoms with van der Waals surface area (Å²) in [4.78, 5) is 4.35. The molecule has 1 N–H and O–H groups in total. The quantitative estimate of drug-likeness (QED) is 0.735. The van der Waals surface area contributed by atoms with Gasteiger partial charge in [-0.05, 0) is 60.3 Å². The molecule has 4 nitrogen and oxygen atoms in total. The summed E-state index contributed by atoms with van der Waals surface area (Å²) >= 11 is 5.96. The van der Waals surface area contributed by atoms with E-state index in [1.54, 1.807) is 6.33 Å². The van der Waals surface area contributed by atoms with Gasteiger partial charge in [-0.1, -0.05) is 15.9 Å². The molecule has 0 aliphatic rings. The molecule has 1 atom stereocenters. The monoisotopic (exact) mass is 434 g/mol. The van der Waals surface area contributed by atoms with Crippen molar-refractivity contribution >= 4 is 38.5 Å². The number of nitrogens with zero attached hydrogens (tertiary/aromatic N) is 3. The Morgan fingerprint density at radius 1 is 1.47 bits per heavy atom. The Morgan fingerprint density at radius 3 is 2.95 bits per heavy atom. The van der Waals surface area contributed by atoms with Gasteiger partial charge in [0, 0.05) is 27.1 Å². The molecule has 0 aliphatic carbocycles. The van der Waals surface area contributed by atoms with Crippen LogP contribution in [0.5, 0.6) is 0 Å². The molecule has 102 valence electrons. The molecule has 6 heteroatoms. The lowest BCUT2D eigenvalue weighted by Crippen LogP contribution is -2.21. The van der Waals surface area contributed by atoms with E-state index in [4.69, 9.17) is 0 Å². The largest absolute Gasteiger partial charge is 0.313 e. The van der Waals surface area contributed by atoms with Crippen molar-refractivity contribution in [3.8, 4) is 0 Å². The zero-order valence-corrected chi connectivity index (χ0v) is 14.6. The molecule has 1 unspecified atom stereocenters. The molecular formula is C13H16BrIN4. The summed E-state index contributed by atoms with van der Waals surface area (Å²) in [6.07, 6.45) is 2.44. The van der Waals surface area contributed by atoms with Crippen molar-refractivity contribution in [1.29, 1.82) is 0 Å². The second-order valence-electron chi connectivity index (χ2n) is 4.20. The van der Waals surface area contributed by atoms with Gasteiger partial charge in [-0.15, -0.1) is 0 Å². The Labute approximate surface area is 135 Å². The summed E-state index contributed by atoms with van der Waals surface area (Å²) < 4.78 is 4.29. The van der Waals surface area contributed by atoms with Crippen molar-refractivity contribution in [2.75, 3.05) is 7.05 Å². The lowest BCUT2D eigenvalue weighted by molar-refractivity contribution is 0.532. The van der Waals surface area contributed by atoms with Crippen molar-refractivity contribution in [2.45, 2.75) is 25.9 Å². The maximum absolute atomic E-state index is 4.35. The van der Waals surface area contributed by atoms with Gasteiger partial charge >= 0.3 is 0 Å². The highest BCUT2D eigenvalue weighted by molar-refractivity contribution is 14.1. The van der Waals surface area contributed by atoms with E-state index < -0.39 is 0 Å². The number of hydrogen-bond acceptors (Lipinski definition) is 3. The molecule has 1 aromatic carbocycles. The fourth-order valence-electron chi connectivity index (χ4n) is 2.04. The summed E-state index contributed by atoms with van der Waals surface area (Å²) in [6, 6.07) is 6.60. The number of rotatable bonds is 5. The first kappa shape index (κ1) is 14.9. The maximum atomic E-state index is 4.35. The van der Waals surface area contributed by atoms with Crippen LogP contribution < -0.4 is 5.32 Å². The van der Waals surface area contributed by atoms with E-state index in [0.717, 1.165) is 23.3 Å². The van der Waals surface area contributed by atoms with Crippen LogP contribution in [0.2, 0.25) is 0 Å². The van der Waals surface area contributed by atoms with Gasteiger partial charge in [-0.2, -0.15) is 5.10 Å². The molecule has 0 bridgehead atoms. The number of aromatic nitrogens is 3. The van der Waals surface area contributed by atoms with Gasteiger partial charge in [0.1, 0.15) is 12.2 Å². The molecule has 0 fully saturated rings. The first-order chi connectivity index (χ1) is 9.15. The summed E-state index contributed by atoms with van der Waals surface area (Å²) in [5.41, 5.74) is 1.25. The third-order valence-corrected chi connectivity index (χ3v) is 4.46. The lowest BCUT2D eigenvalue weighted by Gasteiger charge is -2.18. The molecule has 0 aliphatic heterocycles. The van der Waals surface area contributed by atoms with Crippen molar-refractivity contribution in [1.82, 2.24) is 20.1 Å². The third kappa shape index (κ3) is 3.55. The van der Waals surface area contributed by atoms with Gasteiger partial charge in [0.05, 0.1) is 0 Å². The van der Waals surface area contributed by atoms with Crippen molar-refractivity contribution in [3.05, 3.63) is 44.0 Å². The van der Waals surface area contributed by atoms with Gasteiger partial charge in [0.15, 0.2) is 0 Å². The second-order valence-corrected chi connectivity index (χ2v) is 6.30. The minimum atomic E-state index is 0.221. The molecule has 0 saturated carbocycles. The number of benzene rings is 1. The average Bonchev–Trinajstić information content (AvgIpc) is 2.86. The summed E-state index contributed by atoms with van der Waals surface area (Å²) in [5, 5.41) is 7.58. The van der Waals surface area contributed by atoms with Crippen LogP contribution in [-0.2, 0) is 13.0 Å². The van der Waals surface area contributed by atoms with Crippen LogP contribution in [0.3, 0.4) is 0 Å². The Hall–Kier alpha value is -0.470. The Kier molecular flexibility index (Phi) is 5.35. The minimum absolute atomic E-state index is 0.221.